The van der Waals surface area contributed by atoms with Crippen LogP contribution in [-0.2, 0) is 4.74 Å². The van der Waals surface area contributed by atoms with E-state index in [1.807, 2.05) is 13.8 Å². The highest BCUT2D eigenvalue weighted by Crippen LogP contribution is 2.21. The molecule has 1 heterocycles. The minimum absolute atomic E-state index is 0.0919. The molecule has 0 bridgehead atoms. The van der Waals surface area contributed by atoms with Crippen LogP contribution >= 0.6 is 0 Å². The van der Waals surface area contributed by atoms with E-state index in [0.29, 0.717) is 18.0 Å². The van der Waals surface area contributed by atoms with Crippen LogP contribution in [0, 0.1) is 13.8 Å². The van der Waals surface area contributed by atoms with Gasteiger partial charge in [0.2, 0.25) is 0 Å². The second-order valence-electron chi connectivity index (χ2n) is 4.28. The smallest absolute Gasteiger partial charge is 0.339 e. The first kappa shape index (κ1) is 14.4. The summed E-state index contributed by atoms with van der Waals surface area (Å²) in [5.41, 5.74) is 2.16. The van der Waals surface area contributed by atoms with E-state index in [4.69, 9.17) is 4.74 Å². The molecule has 5 nitrogen and oxygen atoms in total. The lowest BCUT2D eigenvalue weighted by Gasteiger charge is -2.19. The van der Waals surface area contributed by atoms with Gasteiger partial charge in [-0.2, -0.15) is 0 Å². The van der Waals surface area contributed by atoms with Gasteiger partial charge in [0.1, 0.15) is 5.56 Å². The largest absolute Gasteiger partial charge is 0.478 e. The third-order valence-corrected chi connectivity index (χ3v) is 2.76. The number of rotatable bonds is 6. The van der Waals surface area contributed by atoms with Gasteiger partial charge in [-0.25, -0.2) is 4.79 Å². The second kappa shape index (κ2) is 6.35. The molecule has 0 radical (unpaired) electrons. The highest BCUT2D eigenvalue weighted by Gasteiger charge is 2.17. The van der Waals surface area contributed by atoms with Gasteiger partial charge < -0.3 is 15.2 Å². The van der Waals surface area contributed by atoms with E-state index in [1.165, 1.54) is 0 Å². The van der Waals surface area contributed by atoms with E-state index in [2.05, 4.69) is 10.3 Å². The fraction of sp³-hybridized carbons (Fsp3) is 0.538. The van der Waals surface area contributed by atoms with Crippen molar-refractivity contribution >= 4 is 11.7 Å². The summed E-state index contributed by atoms with van der Waals surface area (Å²) in [6.07, 6.45) is 0.854. The van der Waals surface area contributed by atoms with E-state index in [9.17, 15) is 9.90 Å². The first-order valence-electron chi connectivity index (χ1n) is 5.96. The van der Waals surface area contributed by atoms with Crippen molar-refractivity contribution in [2.45, 2.75) is 33.2 Å². The topological polar surface area (TPSA) is 71.5 Å². The van der Waals surface area contributed by atoms with Gasteiger partial charge in [-0.3, -0.25) is 4.98 Å². The number of aryl methyl sites for hydroxylation is 2. The van der Waals surface area contributed by atoms with Crippen LogP contribution in [-0.4, -0.2) is 35.8 Å². The zero-order valence-corrected chi connectivity index (χ0v) is 11.3. The summed E-state index contributed by atoms with van der Waals surface area (Å²) in [5.74, 6) is -0.963. The average molecular weight is 252 g/mol. The van der Waals surface area contributed by atoms with E-state index >= 15 is 0 Å². The van der Waals surface area contributed by atoms with E-state index < -0.39 is 5.97 Å². The molecule has 0 amide bonds. The van der Waals surface area contributed by atoms with Gasteiger partial charge in [0.15, 0.2) is 0 Å². The van der Waals surface area contributed by atoms with Crippen molar-refractivity contribution < 1.29 is 14.6 Å². The first-order chi connectivity index (χ1) is 8.49. The molecule has 5 heteroatoms. The van der Waals surface area contributed by atoms with Crippen molar-refractivity contribution in [3.8, 4) is 0 Å². The van der Waals surface area contributed by atoms with Gasteiger partial charge >= 0.3 is 5.97 Å². The lowest BCUT2D eigenvalue weighted by molar-refractivity contribution is 0.0696. The van der Waals surface area contributed by atoms with Crippen molar-refractivity contribution in [1.82, 2.24) is 4.98 Å². The summed E-state index contributed by atoms with van der Waals surface area (Å²) in [6.45, 7) is 6.12. The fourth-order valence-corrected chi connectivity index (χ4v) is 1.90. The molecule has 1 aromatic heterocycles. The third kappa shape index (κ3) is 3.43. The average Bonchev–Trinajstić information content (AvgIpc) is 2.26. The predicted octanol–water partition coefficient (Wildman–Crippen LogP) is 2.23. The highest BCUT2D eigenvalue weighted by atomic mass is 16.5. The van der Waals surface area contributed by atoms with Crippen LogP contribution in [0.1, 0.15) is 35.1 Å². The molecule has 0 fully saturated rings. The molecule has 18 heavy (non-hydrogen) atoms. The van der Waals surface area contributed by atoms with Crippen LogP contribution in [0.25, 0.3) is 0 Å². The minimum Gasteiger partial charge on any atom is -0.478 e. The zero-order valence-electron chi connectivity index (χ0n) is 11.3. The van der Waals surface area contributed by atoms with Crippen LogP contribution in [0.2, 0.25) is 0 Å². The molecule has 100 valence electrons. The highest BCUT2D eigenvalue weighted by molar-refractivity contribution is 5.95. The van der Waals surface area contributed by atoms with Crippen LogP contribution < -0.4 is 5.32 Å². The van der Waals surface area contributed by atoms with Crippen LogP contribution in [0.5, 0.6) is 0 Å². The fourth-order valence-electron chi connectivity index (χ4n) is 1.90. The molecule has 0 aromatic carbocycles. The van der Waals surface area contributed by atoms with Crippen LogP contribution in [0.3, 0.4) is 0 Å². The molecule has 0 aliphatic carbocycles. The summed E-state index contributed by atoms with van der Waals surface area (Å²) in [7, 11) is 1.63. The normalized spacial score (nSPS) is 12.2. The molecule has 0 spiro atoms. The number of pyridine rings is 1. The number of hydrogen-bond acceptors (Lipinski definition) is 4. The van der Waals surface area contributed by atoms with Crippen molar-refractivity contribution in [3.05, 3.63) is 23.0 Å². The minimum atomic E-state index is -0.963. The molecule has 0 saturated carbocycles. The van der Waals surface area contributed by atoms with E-state index in [-0.39, 0.29) is 11.6 Å². The molecule has 1 unspecified atom stereocenters. The Hall–Kier alpha value is -1.62. The number of nitrogens with zero attached hydrogens (tertiary/aromatic N) is 1. The van der Waals surface area contributed by atoms with Gasteiger partial charge in [-0.15, -0.1) is 0 Å². The Morgan fingerprint density at radius 1 is 1.56 bits per heavy atom. The maximum absolute atomic E-state index is 11.3. The number of ether oxygens (including phenoxy) is 1. The van der Waals surface area contributed by atoms with Crippen molar-refractivity contribution in [2.75, 3.05) is 19.0 Å². The number of aromatic carboxylic acids is 1. The standard InChI is InChI=1S/C13H20N2O3/c1-5-10(7-18-4)15-11-6-8(2)14-9(3)12(11)13(16)17/h6,10H,5,7H2,1-4H3,(H,14,15)(H,16,17). The summed E-state index contributed by atoms with van der Waals surface area (Å²) in [4.78, 5) is 15.5. The van der Waals surface area contributed by atoms with Crippen LogP contribution in [0.15, 0.2) is 6.07 Å². The SMILES string of the molecule is CCC(COC)Nc1cc(C)nc(C)c1C(=O)O. The Bertz CT molecular complexity index is 432. The first-order valence-corrected chi connectivity index (χ1v) is 5.96. The number of carboxylic acids is 1. The summed E-state index contributed by atoms with van der Waals surface area (Å²) in [6, 6.07) is 1.85. The van der Waals surface area contributed by atoms with Crippen molar-refractivity contribution in [2.24, 2.45) is 0 Å². The number of carboxylic acid groups (broad SMARTS) is 1. The number of methoxy groups -OCH3 is 1. The molecule has 0 aliphatic heterocycles. The van der Waals surface area contributed by atoms with Crippen molar-refractivity contribution in [1.29, 1.82) is 0 Å². The quantitative estimate of drug-likeness (QED) is 0.812. The molecule has 1 atom stereocenters. The van der Waals surface area contributed by atoms with Gasteiger partial charge in [0.05, 0.1) is 18.0 Å². The second-order valence-corrected chi connectivity index (χ2v) is 4.28. The zero-order chi connectivity index (χ0) is 13.7. The molecular formula is C13H20N2O3. The maximum atomic E-state index is 11.3. The maximum Gasteiger partial charge on any atom is 0.339 e. The summed E-state index contributed by atoms with van der Waals surface area (Å²) in [5, 5.41) is 12.5. The Labute approximate surface area is 107 Å². The third-order valence-electron chi connectivity index (χ3n) is 2.76. The van der Waals surface area contributed by atoms with Crippen LogP contribution in [0.4, 0.5) is 5.69 Å². The van der Waals surface area contributed by atoms with E-state index in [0.717, 1.165) is 12.1 Å². The number of anilines is 1. The van der Waals surface area contributed by atoms with Crippen molar-refractivity contribution in [3.63, 3.8) is 0 Å². The number of hydrogen-bond donors (Lipinski definition) is 2. The lowest BCUT2D eigenvalue weighted by Crippen LogP contribution is -2.25. The molecule has 2 N–H and O–H groups in total. The summed E-state index contributed by atoms with van der Waals surface area (Å²) >= 11 is 0. The Balaban J connectivity index is 3.09. The Morgan fingerprint density at radius 3 is 2.72 bits per heavy atom. The molecule has 1 rings (SSSR count). The molecule has 0 saturated heterocycles. The van der Waals surface area contributed by atoms with E-state index in [1.54, 1.807) is 20.1 Å². The van der Waals surface area contributed by atoms with Gasteiger partial charge in [-0.1, -0.05) is 6.92 Å². The number of aromatic nitrogens is 1. The molecule has 1 aromatic rings. The number of carbonyl (C=O) groups is 1. The predicted molar refractivity (Wildman–Crippen MR) is 70.2 cm³/mol. The molecule has 0 aliphatic rings. The Kier molecular flexibility index (Phi) is 5.09. The monoisotopic (exact) mass is 252 g/mol. The van der Waals surface area contributed by atoms with Gasteiger partial charge in [-0.05, 0) is 26.3 Å². The Morgan fingerprint density at radius 2 is 2.22 bits per heavy atom. The molecular weight excluding hydrogens is 232 g/mol. The summed E-state index contributed by atoms with van der Waals surface area (Å²) < 4.78 is 5.10. The van der Waals surface area contributed by atoms with Gasteiger partial charge in [0, 0.05) is 18.8 Å². The number of nitrogens with one attached hydrogen (secondary N) is 1. The lowest BCUT2D eigenvalue weighted by atomic mass is 10.1. The van der Waals surface area contributed by atoms with Gasteiger partial charge in [0.25, 0.3) is 0 Å².